The van der Waals surface area contributed by atoms with E-state index < -0.39 is 21.2 Å². The molecule has 4 nitrogen and oxygen atoms in total. The second-order valence-electron chi connectivity index (χ2n) is 4.33. The highest BCUT2D eigenvalue weighted by atomic mass is 35.5. The van der Waals surface area contributed by atoms with Gasteiger partial charge in [-0.2, -0.15) is 5.26 Å². The summed E-state index contributed by atoms with van der Waals surface area (Å²) >= 11 is 5.81. The highest BCUT2D eigenvalue weighted by Gasteiger charge is 2.26. The molecule has 0 aliphatic heterocycles. The largest absolute Gasteiger partial charge is 0.389 e. The minimum Gasteiger partial charge on any atom is -0.389 e. The third-order valence-electron chi connectivity index (χ3n) is 1.94. The van der Waals surface area contributed by atoms with Crippen molar-refractivity contribution in [3.63, 3.8) is 0 Å². The van der Waals surface area contributed by atoms with E-state index in [0.29, 0.717) is 0 Å². The second-order valence-corrected chi connectivity index (χ2v) is 6.69. The van der Waals surface area contributed by atoms with Gasteiger partial charge >= 0.3 is 0 Å². The fourth-order valence-electron chi connectivity index (χ4n) is 1.37. The number of sulfone groups is 1. The Labute approximate surface area is 105 Å². The topological polar surface area (TPSA) is 78.2 Å². The molecule has 1 aromatic carbocycles. The number of halogens is 1. The molecule has 1 rings (SSSR count). The highest BCUT2D eigenvalue weighted by molar-refractivity contribution is 7.91. The monoisotopic (exact) mass is 273 g/mol. The molecule has 1 N–H and O–H groups in total. The van der Waals surface area contributed by atoms with Gasteiger partial charge in [-0.25, -0.2) is 8.42 Å². The molecule has 0 fully saturated rings. The van der Waals surface area contributed by atoms with Crippen LogP contribution < -0.4 is 0 Å². The molecule has 0 heterocycles. The van der Waals surface area contributed by atoms with Crippen molar-refractivity contribution >= 4 is 21.4 Å². The molecule has 0 spiro atoms. The Morgan fingerprint density at radius 3 is 2.47 bits per heavy atom. The van der Waals surface area contributed by atoms with E-state index in [4.69, 9.17) is 16.9 Å². The van der Waals surface area contributed by atoms with E-state index in [0.717, 1.165) is 0 Å². The second kappa shape index (κ2) is 4.65. The number of rotatable bonds is 3. The minimum absolute atomic E-state index is 0.00620. The van der Waals surface area contributed by atoms with Gasteiger partial charge in [-0.1, -0.05) is 11.6 Å². The maximum Gasteiger partial charge on any atom is 0.182 e. The maximum absolute atomic E-state index is 11.9. The fraction of sp³-hybridized carbons (Fsp3) is 0.364. The molecular formula is C11H12ClNO3S. The number of benzene rings is 1. The Kier molecular flexibility index (Phi) is 3.82. The fourth-order valence-corrected chi connectivity index (χ4v) is 3.62. The van der Waals surface area contributed by atoms with E-state index in [1.165, 1.54) is 32.0 Å². The zero-order valence-corrected chi connectivity index (χ0v) is 11.0. The molecule has 0 radical (unpaired) electrons. The molecule has 1 aromatic rings. The number of aliphatic hydroxyl groups is 1. The summed E-state index contributed by atoms with van der Waals surface area (Å²) in [6, 6.07) is 5.81. The van der Waals surface area contributed by atoms with Crippen LogP contribution in [0.5, 0.6) is 0 Å². The average Bonchev–Trinajstić information content (AvgIpc) is 2.13. The Hall–Kier alpha value is -1.09. The smallest absolute Gasteiger partial charge is 0.182 e. The molecule has 0 unspecified atom stereocenters. The zero-order valence-electron chi connectivity index (χ0n) is 9.44. The van der Waals surface area contributed by atoms with Gasteiger partial charge in [0.25, 0.3) is 0 Å². The lowest BCUT2D eigenvalue weighted by molar-refractivity contribution is 0.105. The lowest BCUT2D eigenvalue weighted by atomic mass is 10.2. The van der Waals surface area contributed by atoms with Crippen LogP contribution in [0, 0.1) is 11.3 Å². The summed E-state index contributed by atoms with van der Waals surface area (Å²) in [5.74, 6) is -0.425. The van der Waals surface area contributed by atoms with Crippen LogP contribution in [-0.2, 0) is 9.84 Å². The first-order valence-electron chi connectivity index (χ1n) is 4.80. The predicted octanol–water partition coefficient (Wildman–Crippen LogP) is 1.76. The average molecular weight is 274 g/mol. The van der Waals surface area contributed by atoms with Crippen molar-refractivity contribution < 1.29 is 13.5 Å². The summed E-state index contributed by atoms with van der Waals surface area (Å²) in [5, 5.41) is 18.2. The molecule has 0 amide bonds. The predicted molar refractivity (Wildman–Crippen MR) is 64.5 cm³/mol. The summed E-state index contributed by atoms with van der Waals surface area (Å²) in [6.45, 7) is 2.81. The molecule has 17 heavy (non-hydrogen) atoms. The van der Waals surface area contributed by atoms with E-state index in [9.17, 15) is 13.5 Å². The summed E-state index contributed by atoms with van der Waals surface area (Å²) in [5.41, 5.74) is -1.05. The zero-order chi connectivity index (χ0) is 13.3. The van der Waals surface area contributed by atoms with Crippen LogP contribution in [0.2, 0.25) is 5.02 Å². The quantitative estimate of drug-likeness (QED) is 0.910. The van der Waals surface area contributed by atoms with Gasteiger partial charge in [0.1, 0.15) is 0 Å². The van der Waals surface area contributed by atoms with E-state index in [1.807, 2.05) is 6.07 Å². The first-order valence-corrected chi connectivity index (χ1v) is 6.83. The van der Waals surface area contributed by atoms with Crippen molar-refractivity contribution in [3.8, 4) is 6.07 Å². The van der Waals surface area contributed by atoms with Crippen molar-refractivity contribution in [2.75, 3.05) is 5.75 Å². The summed E-state index contributed by atoms with van der Waals surface area (Å²) in [6.07, 6.45) is 0. The number of nitriles is 1. The van der Waals surface area contributed by atoms with E-state index in [-0.39, 0.29) is 15.5 Å². The molecule has 0 atom stereocenters. The van der Waals surface area contributed by atoms with Crippen molar-refractivity contribution in [1.82, 2.24) is 0 Å². The standard InChI is InChI=1S/C11H12ClNO3S/c1-11(2,14)7-17(15,16)10-4-3-8(6-13)5-9(10)12/h3-5,14H,7H2,1-2H3. The van der Waals surface area contributed by atoms with Crippen molar-refractivity contribution in [1.29, 1.82) is 5.26 Å². The van der Waals surface area contributed by atoms with Crippen molar-refractivity contribution in [2.24, 2.45) is 0 Å². The van der Waals surface area contributed by atoms with Crippen molar-refractivity contribution in [2.45, 2.75) is 24.3 Å². The van der Waals surface area contributed by atoms with Crippen LogP contribution in [0.4, 0.5) is 0 Å². The first kappa shape index (κ1) is 14.0. The molecule has 6 heteroatoms. The Morgan fingerprint density at radius 1 is 1.47 bits per heavy atom. The number of nitrogens with zero attached hydrogens (tertiary/aromatic N) is 1. The van der Waals surface area contributed by atoms with Crippen LogP contribution in [0.15, 0.2) is 23.1 Å². The normalized spacial score (nSPS) is 12.2. The molecular weight excluding hydrogens is 262 g/mol. The molecule has 0 aliphatic carbocycles. The number of hydrogen-bond donors (Lipinski definition) is 1. The summed E-state index contributed by atoms with van der Waals surface area (Å²) in [4.78, 5) is -0.0692. The van der Waals surface area contributed by atoms with Gasteiger partial charge in [0.15, 0.2) is 9.84 Å². The molecule has 92 valence electrons. The Bertz CT molecular complexity index is 567. The SMILES string of the molecule is CC(C)(O)CS(=O)(=O)c1ccc(C#N)cc1Cl. The summed E-state index contributed by atoms with van der Waals surface area (Å²) in [7, 11) is -3.66. The first-order chi connectivity index (χ1) is 7.65. The highest BCUT2D eigenvalue weighted by Crippen LogP contribution is 2.25. The third-order valence-corrected chi connectivity index (χ3v) is 4.48. The van der Waals surface area contributed by atoms with Crippen LogP contribution in [0.1, 0.15) is 19.4 Å². The van der Waals surface area contributed by atoms with Gasteiger partial charge < -0.3 is 5.11 Å². The van der Waals surface area contributed by atoms with Gasteiger partial charge in [0.2, 0.25) is 0 Å². The summed E-state index contributed by atoms with van der Waals surface area (Å²) < 4.78 is 23.9. The molecule has 0 aromatic heterocycles. The molecule has 0 saturated heterocycles. The van der Waals surface area contributed by atoms with E-state index in [1.54, 1.807) is 0 Å². The van der Waals surface area contributed by atoms with Gasteiger partial charge in [-0.3, -0.25) is 0 Å². The molecule has 0 saturated carbocycles. The molecule has 0 aliphatic rings. The van der Waals surface area contributed by atoms with E-state index >= 15 is 0 Å². The Balaban J connectivity index is 3.22. The van der Waals surface area contributed by atoms with Gasteiger partial charge in [0.05, 0.1) is 32.9 Å². The van der Waals surface area contributed by atoms with E-state index in [2.05, 4.69) is 0 Å². The maximum atomic E-state index is 11.9. The van der Waals surface area contributed by atoms with Gasteiger partial charge in [-0.05, 0) is 32.0 Å². The van der Waals surface area contributed by atoms with Gasteiger partial charge in [-0.15, -0.1) is 0 Å². The van der Waals surface area contributed by atoms with Crippen molar-refractivity contribution in [3.05, 3.63) is 28.8 Å². The minimum atomic E-state index is -3.66. The lowest BCUT2D eigenvalue weighted by Crippen LogP contribution is -2.30. The van der Waals surface area contributed by atoms with Crippen LogP contribution >= 0.6 is 11.6 Å². The van der Waals surface area contributed by atoms with Crippen LogP contribution in [-0.4, -0.2) is 24.9 Å². The van der Waals surface area contributed by atoms with Crippen LogP contribution in [0.3, 0.4) is 0 Å². The lowest BCUT2D eigenvalue weighted by Gasteiger charge is -2.17. The van der Waals surface area contributed by atoms with Crippen LogP contribution in [0.25, 0.3) is 0 Å². The Morgan fingerprint density at radius 2 is 2.06 bits per heavy atom. The molecule has 0 bridgehead atoms. The third kappa shape index (κ3) is 3.70. The van der Waals surface area contributed by atoms with Gasteiger partial charge in [0, 0.05) is 0 Å². The number of hydrogen-bond acceptors (Lipinski definition) is 4.